The summed E-state index contributed by atoms with van der Waals surface area (Å²) in [5.74, 6) is 2.19. The molecule has 0 radical (unpaired) electrons. The van der Waals surface area contributed by atoms with E-state index < -0.39 is 0 Å². The van der Waals surface area contributed by atoms with E-state index >= 15 is 0 Å². The Morgan fingerprint density at radius 3 is 2.52 bits per heavy atom. The van der Waals surface area contributed by atoms with Gasteiger partial charge in [0.15, 0.2) is 5.96 Å². The molecule has 0 bridgehead atoms. The highest BCUT2D eigenvalue weighted by Crippen LogP contribution is 2.35. The van der Waals surface area contributed by atoms with Crippen LogP contribution in [0.3, 0.4) is 0 Å². The summed E-state index contributed by atoms with van der Waals surface area (Å²) in [6, 6.07) is 12.7. The Balaban J connectivity index is 0.00000300. The van der Waals surface area contributed by atoms with E-state index in [1.165, 1.54) is 10.4 Å². The lowest BCUT2D eigenvalue weighted by atomic mass is 9.74. The molecule has 5 nitrogen and oxygen atoms in total. The summed E-state index contributed by atoms with van der Waals surface area (Å²) in [6.07, 6.45) is 1.99. The van der Waals surface area contributed by atoms with Crippen LogP contribution < -0.4 is 15.4 Å². The second-order valence-corrected chi connectivity index (χ2v) is 8.32. The smallest absolute Gasteiger partial charge is 0.191 e. The molecule has 29 heavy (non-hydrogen) atoms. The van der Waals surface area contributed by atoms with Crippen molar-refractivity contribution in [3.05, 3.63) is 52.2 Å². The first-order chi connectivity index (χ1) is 13.7. The van der Waals surface area contributed by atoms with Crippen molar-refractivity contribution in [3.8, 4) is 5.75 Å². The number of hydrogen-bond donors (Lipinski definition) is 2. The molecular formula is C22H32IN3O2S. The SMILES string of the molecule is CN=C(NCC(C)c1cccs1)NCC1(c2ccc(OC)cc2)CCOCC1.I. The maximum absolute atomic E-state index is 5.65. The summed E-state index contributed by atoms with van der Waals surface area (Å²) >= 11 is 1.80. The van der Waals surface area contributed by atoms with Gasteiger partial charge in [-0.2, -0.15) is 0 Å². The van der Waals surface area contributed by atoms with E-state index in [9.17, 15) is 0 Å². The second kappa shape index (κ2) is 11.8. The summed E-state index contributed by atoms with van der Waals surface area (Å²) in [7, 11) is 3.53. The number of guanidine groups is 1. The van der Waals surface area contributed by atoms with Gasteiger partial charge in [0.1, 0.15) is 5.75 Å². The Morgan fingerprint density at radius 2 is 1.93 bits per heavy atom. The van der Waals surface area contributed by atoms with Gasteiger partial charge in [0.05, 0.1) is 7.11 Å². The molecule has 0 amide bonds. The number of thiophene rings is 1. The highest BCUT2D eigenvalue weighted by Gasteiger charge is 2.34. The van der Waals surface area contributed by atoms with Crippen LogP contribution in [0.5, 0.6) is 5.75 Å². The van der Waals surface area contributed by atoms with Gasteiger partial charge >= 0.3 is 0 Å². The van der Waals surface area contributed by atoms with Crippen molar-refractivity contribution < 1.29 is 9.47 Å². The van der Waals surface area contributed by atoms with Crippen LogP contribution in [0, 0.1) is 0 Å². The van der Waals surface area contributed by atoms with Crippen molar-refractivity contribution in [1.29, 1.82) is 0 Å². The number of ether oxygens (including phenoxy) is 2. The minimum atomic E-state index is 0. The normalized spacial score (nSPS) is 17.1. The summed E-state index contributed by atoms with van der Waals surface area (Å²) in [5, 5.41) is 9.17. The molecule has 160 valence electrons. The molecule has 1 aromatic carbocycles. The first kappa shape index (κ1) is 24.0. The van der Waals surface area contributed by atoms with E-state index in [1.54, 1.807) is 18.4 Å². The van der Waals surface area contributed by atoms with E-state index in [4.69, 9.17) is 9.47 Å². The van der Waals surface area contributed by atoms with Crippen LogP contribution >= 0.6 is 35.3 Å². The van der Waals surface area contributed by atoms with Crippen LogP contribution in [-0.2, 0) is 10.2 Å². The van der Waals surface area contributed by atoms with Gasteiger partial charge in [-0.1, -0.05) is 25.1 Å². The molecule has 7 heteroatoms. The topological polar surface area (TPSA) is 54.9 Å². The number of benzene rings is 1. The molecule has 2 N–H and O–H groups in total. The molecule has 1 atom stereocenters. The van der Waals surface area contributed by atoms with Gasteiger partial charge in [0.2, 0.25) is 0 Å². The fourth-order valence-electron chi connectivity index (χ4n) is 3.67. The molecule has 3 rings (SSSR count). The first-order valence-corrected chi connectivity index (χ1v) is 10.7. The maximum Gasteiger partial charge on any atom is 0.191 e. The average Bonchev–Trinajstić information content (AvgIpc) is 3.29. The zero-order chi connectivity index (χ0) is 19.8. The molecule has 1 aliphatic heterocycles. The number of methoxy groups -OCH3 is 1. The van der Waals surface area contributed by atoms with Crippen molar-refractivity contribution in [2.45, 2.75) is 31.1 Å². The van der Waals surface area contributed by atoms with Gasteiger partial charge in [-0.15, -0.1) is 35.3 Å². The van der Waals surface area contributed by atoms with Gasteiger partial charge in [-0.25, -0.2) is 0 Å². The molecule has 1 aromatic heterocycles. The van der Waals surface area contributed by atoms with Crippen molar-refractivity contribution >= 4 is 41.3 Å². The van der Waals surface area contributed by atoms with Crippen molar-refractivity contribution in [3.63, 3.8) is 0 Å². The van der Waals surface area contributed by atoms with Gasteiger partial charge in [0, 0.05) is 49.6 Å². The second-order valence-electron chi connectivity index (χ2n) is 7.34. The quantitative estimate of drug-likeness (QED) is 0.318. The van der Waals surface area contributed by atoms with Gasteiger partial charge in [-0.05, 0) is 42.0 Å². The van der Waals surface area contributed by atoms with Gasteiger partial charge in [0.25, 0.3) is 0 Å². The Hall–Kier alpha value is -1.32. The number of halogens is 1. The lowest BCUT2D eigenvalue weighted by Crippen LogP contribution is -2.48. The molecular weight excluding hydrogens is 497 g/mol. The zero-order valence-electron chi connectivity index (χ0n) is 17.4. The standard InChI is InChI=1S/C22H31N3O2S.HI/c1-17(20-5-4-14-28-20)15-24-21(23-2)25-16-22(10-12-27-13-11-22)18-6-8-19(26-3)9-7-18;/h4-9,14,17H,10-13,15-16H2,1-3H3,(H2,23,24,25);1H. The fourth-order valence-corrected chi connectivity index (χ4v) is 4.46. The molecule has 1 aliphatic rings. The van der Waals surface area contributed by atoms with Crippen LogP contribution in [-0.4, -0.2) is 46.4 Å². The van der Waals surface area contributed by atoms with E-state index in [0.717, 1.165) is 50.9 Å². The maximum atomic E-state index is 5.65. The molecule has 1 unspecified atom stereocenters. The number of hydrogen-bond acceptors (Lipinski definition) is 4. The van der Waals surface area contributed by atoms with E-state index in [2.05, 4.69) is 52.2 Å². The van der Waals surface area contributed by atoms with Crippen LogP contribution in [0.25, 0.3) is 0 Å². The Labute approximate surface area is 195 Å². The van der Waals surface area contributed by atoms with Gasteiger partial charge < -0.3 is 20.1 Å². The predicted molar refractivity (Wildman–Crippen MR) is 132 cm³/mol. The van der Waals surface area contributed by atoms with Crippen molar-refractivity contribution in [1.82, 2.24) is 10.6 Å². The van der Waals surface area contributed by atoms with E-state index in [-0.39, 0.29) is 29.4 Å². The lowest BCUT2D eigenvalue weighted by molar-refractivity contribution is 0.0513. The number of nitrogens with one attached hydrogen (secondary N) is 2. The monoisotopic (exact) mass is 529 g/mol. The molecule has 1 fully saturated rings. The Morgan fingerprint density at radius 1 is 1.21 bits per heavy atom. The lowest BCUT2D eigenvalue weighted by Gasteiger charge is -2.38. The van der Waals surface area contributed by atoms with Crippen molar-refractivity contribution in [2.75, 3.05) is 40.5 Å². The molecule has 0 aliphatic carbocycles. The fraction of sp³-hybridized carbons (Fsp3) is 0.500. The zero-order valence-corrected chi connectivity index (χ0v) is 20.6. The summed E-state index contributed by atoms with van der Waals surface area (Å²) < 4.78 is 11.0. The molecule has 0 saturated carbocycles. The Bertz CT molecular complexity index is 744. The number of rotatable bonds is 7. The predicted octanol–water partition coefficient (Wildman–Crippen LogP) is 4.39. The van der Waals surface area contributed by atoms with Gasteiger partial charge in [-0.3, -0.25) is 4.99 Å². The van der Waals surface area contributed by atoms with Crippen LogP contribution in [0.4, 0.5) is 0 Å². The largest absolute Gasteiger partial charge is 0.497 e. The number of nitrogens with zero attached hydrogens (tertiary/aromatic N) is 1. The summed E-state index contributed by atoms with van der Waals surface area (Å²) in [6.45, 7) is 5.50. The average molecular weight is 529 g/mol. The third-order valence-electron chi connectivity index (χ3n) is 5.57. The van der Waals surface area contributed by atoms with E-state index in [1.807, 2.05) is 19.2 Å². The Kier molecular flexibility index (Phi) is 9.71. The molecule has 2 heterocycles. The first-order valence-electron chi connectivity index (χ1n) is 9.87. The van der Waals surface area contributed by atoms with Crippen molar-refractivity contribution in [2.24, 2.45) is 4.99 Å². The van der Waals surface area contributed by atoms with Crippen LogP contribution in [0.15, 0.2) is 46.8 Å². The van der Waals surface area contributed by atoms with Crippen LogP contribution in [0.2, 0.25) is 0 Å². The minimum Gasteiger partial charge on any atom is -0.497 e. The van der Waals surface area contributed by atoms with E-state index in [0.29, 0.717) is 5.92 Å². The molecule has 1 saturated heterocycles. The highest BCUT2D eigenvalue weighted by molar-refractivity contribution is 14.0. The number of aliphatic imine (C=N–C) groups is 1. The molecule has 0 spiro atoms. The summed E-state index contributed by atoms with van der Waals surface area (Å²) in [4.78, 5) is 5.82. The molecule has 2 aromatic rings. The highest BCUT2D eigenvalue weighted by atomic mass is 127. The minimum absolute atomic E-state index is 0. The third-order valence-corrected chi connectivity index (χ3v) is 6.68. The third kappa shape index (κ3) is 6.33. The van der Waals surface area contributed by atoms with Crippen LogP contribution in [0.1, 0.15) is 36.1 Å². The summed E-state index contributed by atoms with van der Waals surface area (Å²) in [5.41, 5.74) is 1.37.